The zero-order valence-electron chi connectivity index (χ0n) is 39.8. The molecule has 11 fully saturated rings. The van der Waals surface area contributed by atoms with E-state index in [0.717, 1.165) is 94.7 Å². The quantitative estimate of drug-likeness (QED) is 0.204. The molecule has 21 unspecified atom stereocenters. The number of hydrogen-bond acceptors (Lipinski definition) is 0. The zero-order chi connectivity index (χ0) is 39.8. The molecule has 0 spiro atoms. The van der Waals surface area contributed by atoms with Gasteiger partial charge in [-0.3, -0.25) is 0 Å². The lowest BCUT2D eigenvalue weighted by atomic mass is 9.63. The SMILES string of the molecule is CCCC1C(C)C2CC1C1C3CCC(C3)C21.CCCC1CC(C)C2C3CCC(C3)C12.CCCC1CC(C)C2CCCC12.CCCC1CC(C)CC1C1CCCCC1. The normalized spacial score (nSPS) is 50.8. The molecule has 0 aromatic rings. The van der Waals surface area contributed by atoms with Gasteiger partial charge < -0.3 is 0 Å². The van der Waals surface area contributed by atoms with Crippen LogP contribution in [0.3, 0.4) is 0 Å². The Morgan fingerprint density at radius 3 is 1.53 bits per heavy atom. The Kier molecular flexibility index (Phi) is 15.0. The Labute approximate surface area is 357 Å². The van der Waals surface area contributed by atoms with Crippen molar-refractivity contribution in [1.82, 2.24) is 0 Å². The number of fused-ring (bicyclic) bond motifs is 15. The molecule has 11 aliphatic carbocycles. The van der Waals surface area contributed by atoms with Crippen molar-refractivity contribution in [1.29, 1.82) is 0 Å². The van der Waals surface area contributed by atoms with E-state index in [9.17, 15) is 0 Å². The van der Waals surface area contributed by atoms with Gasteiger partial charge >= 0.3 is 0 Å². The molecule has 0 aromatic carbocycles. The molecule has 57 heavy (non-hydrogen) atoms. The smallest absolute Gasteiger partial charge is 0.0321 e. The first kappa shape index (κ1) is 43.6. The minimum absolute atomic E-state index is 1.02. The van der Waals surface area contributed by atoms with Crippen molar-refractivity contribution < 1.29 is 0 Å². The maximum Gasteiger partial charge on any atom is -0.0321 e. The van der Waals surface area contributed by atoms with Gasteiger partial charge in [0.2, 0.25) is 0 Å². The summed E-state index contributed by atoms with van der Waals surface area (Å²) >= 11 is 0. The van der Waals surface area contributed by atoms with Crippen molar-refractivity contribution in [2.24, 2.45) is 130 Å². The van der Waals surface area contributed by atoms with Crippen LogP contribution >= 0.6 is 0 Å². The van der Waals surface area contributed by atoms with E-state index < -0.39 is 0 Å². The fourth-order valence-electron chi connectivity index (χ4n) is 20.3. The fourth-order valence-corrected chi connectivity index (χ4v) is 20.3. The molecular weight excluding hydrogens is 685 g/mol. The third-order valence-corrected chi connectivity index (χ3v) is 21.9. The molecule has 11 rings (SSSR count). The van der Waals surface area contributed by atoms with E-state index in [0.29, 0.717) is 0 Å². The Morgan fingerprint density at radius 2 is 0.877 bits per heavy atom. The molecule has 0 saturated heterocycles. The highest BCUT2D eigenvalue weighted by atomic mass is 14.7. The lowest BCUT2D eigenvalue weighted by Crippen LogP contribution is -2.37. The van der Waals surface area contributed by atoms with E-state index >= 15 is 0 Å². The van der Waals surface area contributed by atoms with Crippen molar-refractivity contribution in [3.05, 3.63) is 0 Å². The van der Waals surface area contributed by atoms with Gasteiger partial charge in [0, 0.05) is 0 Å². The molecule has 0 heteroatoms. The van der Waals surface area contributed by atoms with Crippen LogP contribution in [0.1, 0.15) is 229 Å². The second-order valence-electron chi connectivity index (χ2n) is 24.8. The average molecular weight is 785 g/mol. The third kappa shape index (κ3) is 8.83. The summed E-state index contributed by atoms with van der Waals surface area (Å²) in [6, 6.07) is 0. The Hall–Kier alpha value is 0. The summed E-state index contributed by atoms with van der Waals surface area (Å²) in [7, 11) is 0. The first-order chi connectivity index (χ1) is 27.8. The second-order valence-corrected chi connectivity index (χ2v) is 24.8. The van der Waals surface area contributed by atoms with Crippen molar-refractivity contribution in [3.8, 4) is 0 Å². The third-order valence-electron chi connectivity index (χ3n) is 21.9. The van der Waals surface area contributed by atoms with Crippen LogP contribution in [0, 0.1) is 130 Å². The van der Waals surface area contributed by atoms with Crippen LogP contribution < -0.4 is 0 Å². The summed E-state index contributed by atoms with van der Waals surface area (Å²) in [4.78, 5) is 0. The van der Waals surface area contributed by atoms with Crippen molar-refractivity contribution >= 4 is 0 Å². The summed E-state index contributed by atoms with van der Waals surface area (Å²) in [5.41, 5.74) is 0. The summed E-state index contributed by atoms with van der Waals surface area (Å²) in [6.45, 7) is 19.5. The van der Waals surface area contributed by atoms with Gasteiger partial charge in [0.15, 0.2) is 0 Å². The molecule has 11 saturated carbocycles. The van der Waals surface area contributed by atoms with E-state index in [1.54, 1.807) is 89.9 Å². The predicted molar refractivity (Wildman–Crippen MR) is 247 cm³/mol. The number of hydrogen-bond donors (Lipinski definition) is 0. The van der Waals surface area contributed by atoms with Crippen LogP contribution in [-0.4, -0.2) is 0 Å². The maximum absolute atomic E-state index is 2.59. The standard InChI is InChI=1S/C16H26.C15H28.C14H24.C12H22/c1-3-4-12-9(2)13-8-14(12)16-11-6-5-10(7-11)15(13)16;1-3-7-14-10-12(2)11-15(14)13-8-5-4-6-9-13;1-3-4-10-7-9(2)13-11-5-6-12(8-11)14(10)13;1-3-5-10-8-9(2)11-6-4-7-12(10)11/h9-16H,3-8H2,1-2H3;12-15H,3-11H2,1-2H3;9-14H,3-8H2,1-2H3;9-12H,3-8H2,1-2H3. The maximum atomic E-state index is 2.59. The van der Waals surface area contributed by atoms with Crippen LogP contribution in [0.2, 0.25) is 0 Å². The summed E-state index contributed by atoms with van der Waals surface area (Å²) in [6.07, 6.45) is 41.4. The minimum atomic E-state index is 1.02. The average Bonchev–Trinajstić information content (AvgIpc) is 4.06. The van der Waals surface area contributed by atoms with Gasteiger partial charge in [-0.1, -0.05) is 145 Å². The van der Waals surface area contributed by atoms with Crippen molar-refractivity contribution in [3.63, 3.8) is 0 Å². The van der Waals surface area contributed by atoms with Gasteiger partial charge in [-0.05, 0) is 214 Å². The highest BCUT2D eigenvalue weighted by Gasteiger charge is 2.64. The first-order valence-electron chi connectivity index (χ1n) is 27.8. The van der Waals surface area contributed by atoms with E-state index in [-0.39, 0.29) is 0 Å². The molecule has 0 aromatic heterocycles. The molecule has 0 heterocycles. The number of rotatable bonds is 9. The molecular formula is C57H100. The largest absolute Gasteiger partial charge is 0.0654 e. The lowest BCUT2D eigenvalue weighted by molar-refractivity contribution is 0.0593. The topological polar surface area (TPSA) is 0 Å². The highest BCUT2D eigenvalue weighted by molar-refractivity contribution is 5.12. The summed E-state index contributed by atoms with van der Waals surface area (Å²) in [5.74, 6) is 24.9. The van der Waals surface area contributed by atoms with Crippen molar-refractivity contribution in [2.75, 3.05) is 0 Å². The monoisotopic (exact) mass is 785 g/mol. The molecule has 6 bridgehead atoms. The summed E-state index contributed by atoms with van der Waals surface area (Å²) in [5, 5.41) is 0. The van der Waals surface area contributed by atoms with Crippen molar-refractivity contribution in [2.45, 2.75) is 229 Å². The zero-order valence-corrected chi connectivity index (χ0v) is 39.8. The fraction of sp³-hybridized carbons (Fsp3) is 1.00. The van der Waals surface area contributed by atoms with Gasteiger partial charge in [0.05, 0.1) is 0 Å². The van der Waals surface area contributed by atoms with E-state index in [4.69, 9.17) is 0 Å². The van der Waals surface area contributed by atoms with Crippen LogP contribution in [0.5, 0.6) is 0 Å². The Balaban J connectivity index is 0.000000107. The van der Waals surface area contributed by atoms with Crippen LogP contribution in [0.15, 0.2) is 0 Å². The van der Waals surface area contributed by atoms with Crippen LogP contribution in [-0.2, 0) is 0 Å². The lowest BCUT2D eigenvalue weighted by Gasteiger charge is -2.42. The Bertz CT molecular complexity index is 1210. The second kappa shape index (κ2) is 19.6. The van der Waals surface area contributed by atoms with Crippen LogP contribution in [0.4, 0.5) is 0 Å². The molecule has 21 atom stereocenters. The molecule has 328 valence electrons. The molecule has 11 aliphatic rings. The highest BCUT2D eigenvalue weighted by Crippen LogP contribution is 2.71. The van der Waals surface area contributed by atoms with Gasteiger partial charge in [-0.25, -0.2) is 0 Å². The van der Waals surface area contributed by atoms with Gasteiger partial charge in [0.1, 0.15) is 0 Å². The van der Waals surface area contributed by atoms with Crippen LogP contribution in [0.25, 0.3) is 0 Å². The Morgan fingerprint density at radius 1 is 0.333 bits per heavy atom. The molecule has 0 amide bonds. The first-order valence-corrected chi connectivity index (χ1v) is 27.8. The molecule has 0 nitrogen and oxygen atoms in total. The molecule has 0 N–H and O–H groups in total. The summed E-state index contributed by atoms with van der Waals surface area (Å²) < 4.78 is 0. The predicted octanol–water partition coefficient (Wildman–Crippen LogP) is 17.3. The molecule has 0 radical (unpaired) electrons. The minimum Gasteiger partial charge on any atom is -0.0654 e. The van der Waals surface area contributed by atoms with E-state index in [1.165, 1.54) is 119 Å². The molecule has 0 aliphatic heterocycles. The van der Waals surface area contributed by atoms with Gasteiger partial charge in [0.25, 0.3) is 0 Å². The van der Waals surface area contributed by atoms with Gasteiger partial charge in [-0.2, -0.15) is 0 Å². The van der Waals surface area contributed by atoms with E-state index in [1.807, 2.05) is 0 Å². The van der Waals surface area contributed by atoms with Gasteiger partial charge in [-0.15, -0.1) is 0 Å². The van der Waals surface area contributed by atoms with E-state index in [2.05, 4.69) is 55.4 Å².